The van der Waals surface area contributed by atoms with E-state index < -0.39 is 0 Å². The Morgan fingerprint density at radius 1 is 1.32 bits per heavy atom. The van der Waals surface area contributed by atoms with Crippen LogP contribution in [0.25, 0.3) is 0 Å². The maximum Gasteiger partial charge on any atom is 0.123 e. The SMILES string of the molecule is COc1ccccc1[C@H](C)NC1CCCCC1C#N. The summed E-state index contributed by atoms with van der Waals surface area (Å²) in [7, 11) is 1.70. The Hall–Kier alpha value is -1.53. The lowest BCUT2D eigenvalue weighted by Gasteiger charge is -2.31. The van der Waals surface area contributed by atoms with Crippen LogP contribution in [0, 0.1) is 17.2 Å². The molecule has 0 aromatic heterocycles. The van der Waals surface area contributed by atoms with Crippen molar-refractivity contribution in [1.82, 2.24) is 5.32 Å². The lowest BCUT2D eigenvalue weighted by Crippen LogP contribution is -2.39. The number of ether oxygens (including phenoxy) is 1. The topological polar surface area (TPSA) is 45.0 Å². The van der Waals surface area contributed by atoms with Gasteiger partial charge in [-0.3, -0.25) is 0 Å². The summed E-state index contributed by atoms with van der Waals surface area (Å²) >= 11 is 0. The van der Waals surface area contributed by atoms with Gasteiger partial charge in [0.2, 0.25) is 0 Å². The van der Waals surface area contributed by atoms with Gasteiger partial charge in [0.1, 0.15) is 5.75 Å². The Bertz CT molecular complexity index is 452. The predicted octanol–water partition coefficient (Wildman–Crippen LogP) is 3.43. The van der Waals surface area contributed by atoms with Crippen molar-refractivity contribution in [3.63, 3.8) is 0 Å². The van der Waals surface area contributed by atoms with Gasteiger partial charge in [0, 0.05) is 17.6 Å². The van der Waals surface area contributed by atoms with Crippen molar-refractivity contribution in [1.29, 1.82) is 5.26 Å². The summed E-state index contributed by atoms with van der Waals surface area (Å²) in [6.45, 7) is 2.14. The van der Waals surface area contributed by atoms with Crippen molar-refractivity contribution in [3.8, 4) is 11.8 Å². The molecule has 2 unspecified atom stereocenters. The molecule has 1 N–H and O–H groups in total. The van der Waals surface area contributed by atoms with Crippen molar-refractivity contribution >= 4 is 0 Å². The standard InChI is InChI=1S/C16H22N2O/c1-12(14-8-4-6-10-16(14)19-2)18-15-9-5-3-7-13(15)11-17/h4,6,8,10,12-13,15,18H,3,5,7,9H2,1-2H3/t12-,13?,15?/m0/s1. The minimum absolute atomic E-state index is 0.144. The summed E-state index contributed by atoms with van der Waals surface area (Å²) in [5.41, 5.74) is 1.16. The van der Waals surface area contributed by atoms with Gasteiger partial charge in [0.25, 0.3) is 0 Å². The van der Waals surface area contributed by atoms with Crippen molar-refractivity contribution in [2.75, 3.05) is 7.11 Å². The van der Waals surface area contributed by atoms with E-state index in [-0.39, 0.29) is 12.0 Å². The third-order valence-corrected chi connectivity index (χ3v) is 4.00. The zero-order chi connectivity index (χ0) is 13.7. The first-order valence-corrected chi connectivity index (χ1v) is 7.05. The van der Waals surface area contributed by atoms with Crippen LogP contribution in [-0.4, -0.2) is 13.2 Å². The quantitative estimate of drug-likeness (QED) is 0.900. The Labute approximate surface area is 115 Å². The summed E-state index contributed by atoms with van der Waals surface area (Å²) in [6, 6.07) is 11.0. The van der Waals surface area contributed by atoms with Gasteiger partial charge in [-0.25, -0.2) is 0 Å². The molecule has 3 heteroatoms. The van der Waals surface area contributed by atoms with Gasteiger partial charge >= 0.3 is 0 Å². The number of rotatable bonds is 4. The average Bonchev–Trinajstić information content (AvgIpc) is 2.47. The summed E-state index contributed by atoms with van der Waals surface area (Å²) in [5.74, 6) is 1.05. The average molecular weight is 258 g/mol. The Morgan fingerprint density at radius 3 is 2.79 bits per heavy atom. The number of nitrogens with zero attached hydrogens (tertiary/aromatic N) is 1. The zero-order valence-electron chi connectivity index (χ0n) is 11.7. The van der Waals surface area contributed by atoms with Crippen LogP contribution < -0.4 is 10.1 Å². The molecule has 1 aromatic rings. The number of nitriles is 1. The van der Waals surface area contributed by atoms with E-state index in [1.165, 1.54) is 12.8 Å². The van der Waals surface area contributed by atoms with Crippen LogP contribution in [0.3, 0.4) is 0 Å². The number of benzene rings is 1. The van der Waals surface area contributed by atoms with Crippen LogP contribution in [0.4, 0.5) is 0 Å². The summed E-state index contributed by atoms with van der Waals surface area (Å²) < 4.78 is 5.40. The number of methoxy groups -OCH3 is 1. The Balaban J connectivity index is 2.07. The van der Waals surface area contributed by atoms with E-state index in [4.69, 9.17) is 4.74 Å². The molecule has 0 spiro atoms. The van der Waals surface area contributed by atoms with Crippen LogP contribution in [-0.2, 0) is 0 Å². The van der Waals surface area contributed by atoms with Gasteiger partial charge in [-0.05, 0) is 25.8 Å². The molecule has 3 atom stereocenters. The second-order valence-electron chi connectivity index (χ2n) is 5.26. The van der Waals surface area contributed by atoms with E-state index in [0.717, 1.165) is 24.2 Å². The fourth-order valence-electron chi connectivity index (χ4n) is 2.92. The molecule has 0 aliphatic heterocycles. The summed E-state index contributed by atoms with van der Waals surface area (Å²) in [5, 5.41) is 12.8. The van der Waals surface area contributed by atoms with Crippen molar-refractivity contribution in [2.45, 2.75) is 44.7 Å². The van der Waals surface area contributed by atoms with Crippen LogP contribution >= 0.6 is 0 Å². The van der Waals surface area contributed by atoms with Gasteiger partial charge in [0.05, 0.1) is 19.1 Å². The Morgan fingerprint density at radius 2 is 2.05 bits per heavy atom. The van der Waals surface area contributed by atoms with Crippen LogP contribution in [0.15, 0.2) is 24.3 Å². The molecule has 1 aliphatic rings. The minimum atomic E-state index is 0.144. The lowest BCUT2D eigenvalue weighted by molar-refractivity contribution is 0.289. The van der Waals surface area contributed by atoms with Crippen molar-refractivity contribution in [2.24, 2.45) is 5.92 Å². The fourth-order valence-corrected chi connectivity index (χ4v) is 2.92. The van der Waals surface area contributed by atoms with Gasteiger partial charge in [0.15, 0.2) is 0 Å². The van der Waals surface area contributed by atoms with Crippen LogP contribution in [0.1, 0.15) is 44.2 Å². The molecule has 3 nitrogen and oxygen atoms in total. The maximum absolute atomic E-state index is 9.23. The molecule has 0 bridgehead atoms. The highest BCUT2D eigenvalue weighted by Gasteiger charge is 2.26. The van der Waals surface area contributed by atoms with Gasteiger partial charge < -0.3 is 10.1 Å². The molecule has 102 valence electrons. The molecule has 1 saturated carbocycles. The molecular weight excluding hydrogens is 236 g/mol. The molecular formula is C16H22N2O. The smallest absolute Gasteiger partial charge is 0.123 e. The number of hydrogen-bond donors (Lipinski definition) is 1. The van der Waals surface area contributed by atoms with Crippen molar-refractivity contribution in [3.05, 3.63) is 29.8 Å². The second-order valence-corrected chi connectivity index (χ2v) is 5.26. The molecule has 0 heterocycles. The molecule has 0 amide bonds. The minimum Gasteiger partial charge on any atom is -0.496 e. The molecule has 1 fully saturated rings. The largest absolute Gasteiger partial charge is 0.496 e. The van der Waals surface area contributed by atoms with E-state index in [0.29, 0.717) is 6.04 Å². The summed E-state index contributed by atoms with van der Waals surface area (Å²) in [4.78, 5) is 0. The highest BCUT2D eigenvalue weighted by atomic mass is 16.5. The van der Waals surface area contributed by atoms with E-state index in [2.05, 4.69) is 24.4 Å². The van der Waals surface area contributed by atoms with E-state index in [1.807, 2.05) is 18.2 Å². The predicted molar refractivity (Wildman–Crippen MR) is 75.9 cm³/mol. The number of para-hydroxylation sites is 1. The monoisotopic (exact) mass is 258 g/mol. The molecule has 2 rings (SSSR count). The normalized spacial score (nSPS) is 24.5. The fraction of sp³-hybridized carbons (Fsp3) is 0.562. The highest BCUT2D eigenvalue weighted by Crippen LogP contribution is 2.29. The highest BCUT2D eigenvalue weighted by molar-refractivity contribution is 5.35. The zero-order valence-corrected chi connectivity index (χ0v) is 11.7. The molecule has 0 radical (unpaired) electrons. The summed E-state index contributed by atoms with van der Waals surface area (Å²) in [6.07, 6.45) is 4.51. The van der Waals surface area contributed by atoms with Gasteiger partial charge in [-0.15, -0.1) is 0 Å². The maximum atomic E-state index is 9.23. The molecule has 1 aromatic carbocycles. The molecule has 1 aliphatic carbocycles. The van der Waals surface area contributed by atoms with Gasteiger partial charge in [-0.2, -0.15) is 5.26 Å². The first kappa shape index (κ1) is 13.9. The number of hydrogen-bond acceptors (Lipinski definition) is 3. The van der Waals surface area contributed by atoms with Crippen LogP contribution in [0.2, 0.25) is 0 Å². The van der Waals surface area contributed by atoms with E-state index in [1.54, 1.807) is 7.11 Å². The van der Waals surface area contributed by atoms with Crippen LogP contribution in [0.5, 0.6) is 5.75 Å². The first-order chi connectivity index (χ1) is 9.26. The van der Waals surface area contributed by atoms with Crippen molar-refractivity contribution < 1.29 is 4.74 Å². The van der Waals surface area contributed by atoms with E-state index in [9.17, 15) is 5.26 Å². The number of nitrogens with one attached hydrogen (secondary N) is 1. The Kier molecular flexibility index (Phi) is 4.81. The third-order valence-electron chi connectivity index (χ3n) is 4.00. The molecule has 19 heavy (non-hydrogen) atoms. The lowest BCUT2D eigenvalue weighted by atomic mass is 9.85. The second kappa shape index (κ2) is 6.58. The third kappa shape index (κ3) is 3.27. The van der Waals surface area contributed by atoms with E-state index >= 15 is 0 Å². The first-order valence-electron chi connectivity index (χ1n) is 7.05. The van der Waals surface area contributed by atoms with Gasteiger partial charge in [-0.1, -0.05) is 31.0 Å². The molecule has 0 saturated heterocycles.